The van der Waals surface area contributed by atoms with Gasteiger partial charge in [0.1, 0.15) is 11.4 Å². The number of thioether (sulfide) groups is 1. The Bertz CT molecular complexity index is 673. The van der Waals surface area contributed by atoms with Crippen LogP contribution in [0, 0.1) is 0 Å². The first-order chi connectivity index (χ1) is 11.2. The lowest BCUT2D eigenvalue weighted by molar-refractivity contribution is -0.120. The molecule has 2 rings (SSSR count). The summed E-state index contributed by atoms with van der Waals surface area (Å²) in [6, 6.07) is 7.49. The van der Waals surface area contributed by atoms with E-state index in [0.29, 0.717) is 24.1 Å². The lowest BCUT2D eigenvalue weighted by Gasteiger charge is -2.12. The Hall–Kier alpha value is -2.35. The van der Waals surface area contributed by atoms with Gasteiger partial charge in [-0.1, -0.05) is 30.0 Å². The van der Waals surface area contributed by atoms with Gasteiger partial charge >= 0.3 is 0 Å². The smallest absolute Gasteiger partial charge is 0.233 e. The summed E-state index contributed by atoms with van der Waals surface area (Å²) >= 11 is 1.28. The van der Waals surface area contributed by atoms with Crippen molar-refractivity contribution < 1.29 is 9.53 Å². The summed E-state index contributed by atoms with van der Waals surface area (Å²) in [5.41, 5.74) is 0.737. The zero-order valence-corrected chi connectivity index (χ0v) is 13.9. The van der Waals surface area contributed by atoms with Crippen molar-refractivity contribution in [3.63, 3.8) is 0 Å². The van der Waals surface area contributed by atoms with Crippen LogP contribution in [0.3, 0.4) is 0 Å². The van der Waals surface area contributed by atoms with Gasteiger partial charge in [-0.15, -0.1) is 11.7 Å². The quantitative estimate of drug-likeness (QED) is 0.586. The van der Waals surface area contributed by atoms with E-state index in [1.807, 2.05) is 31.2 Å². The predicted molar refractivity (Wildman–Crippen MR) is 88.8 cm³/mol. The van der Waals surface area contributed by atoms with E-state index in [1.165, 1.54) is 11.8 Å². The Morgan fingerprint density at radius 2 is 2.30 bits per heavy atom. The zero-order valence-electron chi connectivity index (χ0n) is 13.1. The predicted octanol–water partition coefficient (Wildman–Crippen LogP) is 1.84. The average Bonchev–Trinajstić information content (AvgIpc) is 3.01. The molecule has 1 aromatic carbocycles. The number of hydrogen-bond donors (Lipinski definition) is 1. The fourth-order valence-electron chi connectivity index (χ4n) is 1.84. The van der Waals surface area contributed by atoms with E-state index in [9.17, 15) is 4.79 Å². The van der Waals surface area contributed by atoms with Crippen molar-refractivity contribution >= 4 is 17.7 Å². The van der Waals surface area contributed by atoms with Crippen LogP contribution in [-0.4, -0.2) is 44.5 Å². The number of nitrogens with zero attached hydrogens (tertiary/aromatic N) is 4. The normalized spacial score (nSPS) is 11.7. The average molecular weight is 333 g/mol. The van der Waals surface area contributed by atoms with Crippen molar-refractivity contribution in [3.05, 3.63) is 36.9 Å². The second-order valence-corrected chi connectivity index (χ2v) is 5.88. The number of nitrogens with one attached hydrogen (secondary N) is 1. The molecule has 0 saturated carbocycles. The van der Waals surface area contributed by atoms with E-state index in [1.54, 1.807) is 17.7 Å². The van der Waals surface area contributed by atoms with Crippen LogP contribution < -0.4 is 10.1 Å². The van der Waals surface area contributed by atoms with Gasteiger partial charge in [-0.3, -0.25) is 4.79 Å². The van der Waals surface area contributed by atoms with E-state index in [-0.39, 0.29) is 11.2 Å². The standard InChI is InChI=1S/C15H19N5O2S/c1-4-10-16-14(21)11(3)23-15-17-18-19-20(15)12-8-6-7-9-13(12)22-5-2/h4,6-9,11H,1,5,10H2,2-3H3,(H,16,21). The molecule has 8 heteroatoms. The summed E-state index contributed by atoms with van der Waals surface area (Å²) in [5, 5.41) is 14.7. The van der Waals surface area contributed by atoms with Crippen LogP contribution in [0.15, 0.2) is 42.1 Å². The molecule has 0 spiro atoms. The van der Waals surface area contributed by atoms with Gasteiger partial charge < -0.3 is 10.1 Å². The molecule has 0 bridgehead atoms. The largest absolute Gasteiger partial charge is 0.492 e. The minimum atomic E-state index is -0.334. The van der Waals surface area contributed by atoms with Gasteiger partial charge in [-0.05, 0) is 36.4 Å². The molecule has 1 unspecified atom stereocenters. The van der Waals surface area contributed by atoms with E-state index >= 15 is 0 Å². The molecule has 1 heterocycles. The second kappa shape index (κ2) is 8.33. The molecule has 0 fully saturated rings. The molecule has 0 saturated heterocycles. The summed E-state index contributed by atoms with van der Waals surface area (Å²) in [4.78, 5) is 12.0. The summed E-state index contributed by atoms with van der Waals surface area (Å²) in [6.07, 6.45) is 1.64. The third-order valence-electron chi connectivity index (χ3n) is 2.91. The third kappa shape index (κ3) is 4.32. The number of carbonyl (C=O) groups is 1. The van der Waals surface area contributed by atoms with Gasteiger partial charge in [0.05, 0.1) is 11.9 Å². The third-order valence-corrected chi connectivity index (χ3v) is 3.94. The first-order valence-corrected chi connectivity index (χ1v) is 8.11. The molecular weight excluding hydrogens is 314 g/mol. The first kappa shape index (κ1) is 17.0. The van der Waals surface area contributed by atoms with E-state index in [0.717, 1.165) is 5.69 Å². The molecule has 23 heavy (non-hydrogen) atoms. The number of ether oxygens (including phenoxy) is 1. The van der Waals surface area contributed by atoms with Crippen LogP contribution >= 0.6 is 11.8 Å². The van der Waals surface area contributed by atoms with Crippen LogP contribution in [0.5, 0.6) is 5.75 Å². The fourth-order valence-corrected chi connectivity index (χ4v) is 2.67. The number of hydrogen-bond acceptors (Lipinski definition) is 6. The van der Waals surface area contributed by atoms with Crippen LogP contribution in [0.4, 0.5) is 0 Å². The highest BCUT2D eigenvalue weighted by Crippen LogP contribution is 2.27. The number of rotatable bonds is 8. The Morgan fingerprint density at radius 1 is 1.52 bits per heavy atom. The highest BCUT2D eigenvalue weighted by Gasteiger charge is 2.20. The fraction of sp³-hybridized carbons (Fsp3) is 0.333. The highest BCUT2D eigenvalue weighted by molar-refractivity contribution is 8.00. The van der Waals surface area contributed by atoms with E-state index < -0.39 is 0 Å². The van der Waals surface area contributed by atoms with Crippen LogP contribution in [-0.2, 0) is 4.79 Å². The van der Waals surface area contributed by atoms with Crippen molar-refractivity contribution in [2.45, 2.75) is 24.3 Å². The molecule has 122 valence electrons. The number of amides is 1. The minimum absolute atomic E-state index is 0.0949. The number of tetrazole rings is 1. The van der Waals surface area contributed by atoms with Gasteiger partial charge in [0.2, 0.25) is 11.1 Å². The first-order valence-electron chi connectivity index (χ1n) is 7.23. The number of benzene rings is 1. The number of aromatic nitrogens is 4. The Labute approximate surface area is 139 Å². The zero-order chi connectivity index (χ0) is 16.7. The molecule has 0 radical (unpaired) electrons. The van der Waals surface area contributed by atoms with Gasteiger partial charge in [-0.25, -0.2) is 0 Å². The van der Waals surface area contributed by atoms with Crippen molar-refractivity contribution in [1.29, 1.82) is 0 Å². The maximum absolute atomic E-state index is 12.0. The molecule has 0 aliphatic rings. The maximum atomic E-state index is 12.0. The van der Waals surface area contributed by atoms with Gasteiger partial charge in [0.15, 0.2) is 0 Å². The van der Waals surface area contributed by atoms with Crippen LogP contribution in [0.1, 0.15) is 13.8 Å². The topological polar surface area (TPSA) is 81.9 Å². The molecule has 1 amide bonds. The molecular formula is C15H19N5O2S. The minimum Gasteiger partial charge on any atom is -0.492 e. The highest BCUT2D eigenvalue weighted by atomic mass is 32.2. The molecule has 1 atom stereocenters. The second-order valence-electron chi connectivity index (χ2n) is 4.57. The van der Waals surface area contributed by atoms with Crippen molar-refractivity contribution in [2.24, 2.45) is 0 Å². The monoisotopic (exact) mass is 333 g/mol. The number of para-hydroxylation sites is 2. The summed E-state index contributed by atoms with van der Waals surface area (Å²) in [5.74, 6) is 0.593. The van der Waals surface area contributed by atoms with Crippen molar-refractivity contribution in [1.82, 2.24) is 25.5 Å². The Morgan fingerprint density at radius 3 is 3.04 bits per heavy atom. The van der Waals surface area contributed by atoms with Gasteiger partial charge in [0, 0.05) is 6.54 Å². The lowest BCUT2D eigenvalue weighted by Crippen LogP contribution is -2.31. The number of carbonyl (C=O) groups excluding carboxylic acids is 1. The molecule has 0 aliphatic carbocycles. The Kier molecular flexibility index (Phi) is 6.16. The summed E-state index contributed by atoms with van der Waals surface area (Å²) in [6.45, 7) is 8.27. The van der Waals surface area contributed by atoms with Crippen LogP contribution in [0.2, 0.25) is 0 Å². The van der Waals surface area contributed by atoms with E-state index in [2.05, 4.69) is 27.4 Å². The molecule has 2 aromatic rings. The van der Waals surface area contributed by atoms with Crippen molar-refractivity contribution in [3.8, 4) is 11.4 Å². The SMILES string of the molecule is C=CCNC(=O)C(C)Sc1nnnn1-c1ccccc1OCC. The molecule has 7 nitrogen and oxygen atoms in total. The van der Waals surface area contributed by atoms with Gasteiger partial charge in [0.25, 0.3) is 0 Å². The summed E-state index contributed by atoms with van der Waals surface area (Å²) in [7, 11) is 0. The van der Waals surface area contributed by atoms with Crippen LogP contribution in [0.25, 0.3) is 5.69 Å². The van der Waals surface area contributed by atoms with E-state index in [4.69, 9.17) is 4.74 Å². The lowest BCUT2D eigenvalue weighted by atomic mass is 10.3. The molecule has 1 aromatic heterocycles. The summed E-state index contributed by atoms with van der Waals surface area (Å²) < 4.78 is 7.18. The van der Waals surface area contributed by atoms with Gasteiger partial charge in [-0.2, -0.15) is 4.68 Å². The van der Waals surface area contributed by atoms with Crippen molar-refractivity contribution in [2.75, 3.05) is 13.2 Å². The maximum Gasteiger partial charge on any atom is 0.233 e. The Balaban J connectivity index is 2.20. The molecule has 1 N–H and O–H groups in total. The molecule has 0 aliphatic heterocycles.